The molecule has 0 radical (unpaired) electrons. The summed E-state index contributed by atoms with van der Waals surface area (Å²) in [5, 5.41) is 3.64. The maximum Gasteiger partial charge on any atom is 0.133 e. The lowest BCUT2D eigenvalue weighted by Gasteiger charge is -2.44. The van der Waals surface area contributed by atoms with Crippen molar-refractivity contribution < 1.29 is 4.74 Å². The fraction of sp³-hybridized carbons (Fsp3) is 0.739. The molecule has 3 saturated heterocycles. The van der Waals surface area contributed by atoms with Crippen LogP contribution in [0.25, 0.3) is 0 Å². The van der Waals surface area contributed by atoms with Crippen molar-refractivity contribution in [3.05, 3.63) is 29.3 Å². The number of benzene rings is 1. The van der Waals surface area contributed by atoms with Crippen LogP contribution in [0.4, 0.5) is 5.69 Å². The van der Waals surface area contributed by atoms with Crippen molar-refractivity contribution in [3.8, 4) is 0 Å². The zero-order valence-electron chi connectivity index (χ0n) is 17.0. The van der Waals surface area contributed by atoms with Gasteiger partial charge in [-0.15, -0.1) is 0 Å². The molecule has 27 heavy (non-hydrogen) atoms. The summed E-state index contributed by atoms with van der Waals surface area (Å²) in [6.45, 7) is 10.5. The van der Waals surface area contributed by atoms with Crippen LogP contribution in [-0.4, -0.2) is 62.4 Å². The highest BCUT2D eigenvalue weighted by Crippen LogP contribution is 2.40. The van der Waals surface area contributed by atoms with Gasteiger partial charge < -0.3 is 10.1 Å². The SMILES string of the molecule is C[C@H]1CCC[N+]1(c1ccc2c(c1)CCN(C1CCOCC1)C2)[C@H]1CCNC1. The fourth-order valence-corrected chi connectivity index (χ4v) is 6.45. The Morgan fingerprint density at radius 2 is 2.00 bits per heavy atom. The Hall–Kier alpha value is -0.940. The zero-order chi connectivity index (χ0) is 18.3. The molecule has 1 aromatic rings. The molecule has 0 amide bonds. The monoisotopic (exact) mass is 370 g/mol. The summed E-state index contributed by atoms with van der Waals surface area (Å²) < 4.78 is 6.81. The van der Waals surface area contributed by atoms with Crippen LogP contribution in [0.5, 0.6) is 0 Å². The number of hydrogen-bond acceptors (Lipinski definition) is 3. The molecule has 1 N–H and O–H groups in total. The van der Waals surface area contributed by atoms with E-state index in [0.717, 1.165) is 37.9 Å². The largest absolute Gasteiger partial charge is 0.381 e. The Bertz CT molecular complexity index is 666. The first-order valence-electron chi connectivity index (χ1n) is 11.3. The first kappa shape index (κ1) is 18.1. The third-order valence-corrected chi connectivity index (χ3v) is 8.04. The average Bonchev–Trinajstić information content (AvgIpc) is 3.38. The molecule has 4 heteroatoms. The molecule has 3 fully saturated rings. The maximum absolute atomic E-state index is 5.57. The van der Waals surface area contributed by atoms with E-state index in [2.05, 4.69) is 35.3 Å². The van der Waals surface area contributed by atoms with Crippen LogP contribution in [0.2, 0.25) is 0 Å². The van der Waals surface area contributed by atoms with Gasteiger partial charge in [-0.25, -0.2) is 0 Å². The number of nitrogens with zero attached hydrogens (tertiary/aromatic N) is 2. The van der Waals surface area contributed by atoms with Crippen LogP contribution >= 0.6 is 0 Å². The van der Waals surface area contributed by atoms with Crippen LogP contribution < -0.4 is 9.80 Å². The highest BCUT2D eigenvalue weighted by molar-refractivity contribution is 5.51. The number of nitrogens with one attached hydrogen (secondary N) is 1. The van der Waals surface area contributed by atoms with E-state index < -0.39 is 0 Å². The number of likely N-dealkylation sites (tertiary alicyclic amines) is 1. The van der Waals surface area contributed by atoms with Crippen molar-refractivity contribution in [1.82, 2.24) is 14.7 Å². The summed E-state index contributed by atoms with van der Waals surface area (Å²) in [7, 11) is 0. The van der Waals surface area contributed by atoms with Crippen molar-refractivity contribution in [2.45, 2.75) is 70.1 Å². The Balaban J connectivity index is 1.41. The van der Waals surface area contributed by atoms with Crippen LogP contribution in [0.15, 0.2) is 18.2 Å². The summed E-state index contributed by atoms with van der Waals surface area (Å²) in [5.41, 5.74) is 4.80. The molecule has 4 heterocycles. The summed E-state index contributed by atoms with van der Waals surface area (Å²) in [4.78, 5) is 2.72. The quantitative estimate of drug-likeness (QED) is 0.828. The van der Waals surface area contributed by atoms with E-state index in [1.807, 2.05) is 0 Å². The van der Waals surface area contributed by atoms with Gasteiger partial charge in [-0.3, -0.25) is 9.38 Å². The number of rotatable bonds is 3. The molecule has 148 valence electrons. The standard InChI is InChI=1S/C23H36N3O/c1-18-3-2-12-26(18,23-6-10-24-16-23)22-5-4-20-17-25(11-7-19(20)15-22)21-8-13-27-14-9-21/h4-5,15,18,21,23-24H,2-3,6-14,16-17H2,1H3/q+1/t18-,23-,26?/m0/s1. The Morgan fingerprint density at radius 3 is 2.74 bits per heavy atom. The van der Waals surface area contributed by atoms with Crippen LogP contribution in [-0.2, 0) is 17.7 Å². The first-order chi connectivity index (χ1) is 13.3. The number of fused-ring (bicyclic) bond motifs is 1. The molecule has 0 aliphatic carbocycles. The van der Waals surface area contributed by atoms with Gasteiger partial charge in [0.05, 0.1) is 12.6 Å². The Morgan fingerprint density at radius 1 is 1.11 bits per heavy atom. The van der Waals surface area contributed by atoms with Gasteiger partial charge >= 0.3 is 0 Å². The van der Waals surface area contributed by atoms with Gasteiger partial charge in [-0.2, -0.15) is 0 Å². The van der Waals surface area contributed by atoms with E-state index in [4.69, 9.17) is 4.74 Å². The van der Waals surface area contributed by atoms with E-state index in [1.54, 1.807) is 16.8 Å². The maximum atomic E-state index is 5.57. The minimum Gasteiger partial charge on any atom is -0.381 e. The molecular weight excluding hydrogens is 334 g/mol. The van der Waals surface area contributed by atoms with Gasteiger partial charge in [-0.05, 0) is 43.4 Å². The second-order valence-corrected chi connectivity index (χ2v) is 9.31. The van der Waals surface area contributed by atoms with Gasteiger partial charge in [-0.1, -0.05) is 6.07 Å². The fourth-order valence-electron chi connectivity index (χ4n) is 6.45. The molecule has 0 bridgehead atoms. The second kappa shape index (κ2) is 7.47. The molecule has 1 unspecified atom stereocenters. The number of ether oxygens (including phenoxy) is 1. The van der Waals surface area contributed by atoms with E-state index in [0.29, 0.717) is 0 Å². The van der Waals surface area contributed by atoms with E-state index in [9.17, 15) is 0 Å². The molecule has 0 aromatic heterocycles. The van der Waals surface area contributed by atoms with Gasteiger partial charge in [0.25, 0.3) is 0 Å². The molecule has 0 saturated carbocycles. The number of quaternary nitrogens is 1. The highest BCUT2D eigenvalue weighted by Gasteiger charge is 2.48. The molecule has 4 aliphatic heterocycles. The topological polar surface area (TPSA) is 24.5 Å². The van der Waals surface area contributed by atoms with E-state index in [-0.39, 0.29) is 0 Å². The van der Waals surface area contributed by atoms with E-state index in [1.165, 1.54) is 69.2 Å². The van der Waals surface area contributed by atoms with Crippen molar-refractivity contribution in [2.75, 3.05) is 39.4 Å². The van der Waals surface area contributed by atoms with Crippen molar-refractivity contribution in [1.29, 1.82) is 0 Å². The summed E-state index contributed by atoms with van der Waals surface area (Å²) in [6, 6.07) is 9.83. The lowest BCUT2D eigenvalue weighted by Crippen LogP contribution is -2.59. The molecule has 0 spiro atoms. The summed E-state index contributed by atoms with van der Waals surface area (Å²) in [5.74, 6) is 0. The summed E-state index contributed by atoms with van der Waals surface area (Å²) in [6.07, 6.45) is 7.73. The van der Waals surface area contributed by atoms with Gasteiger partial charge in [0.15, 0.2) is 0 Å². The molecule has 5 rings (SSSR count). The van der Waals surface area contributed by atoms with Gasteiger partial charge in [0.1, 0.15) is 11.7 Å². The number of hydrogen-bond donors (Lipinski definition) is 1. The molecule has 4 nitrogen and oxygen atoms in total. The van der Waals surface area contributed by atoms with Gasteiger partial charge in [0, 0.05) is 70.8 Å². The Kier molecular flexibility index (Phi) is 5.01. The molecule has 1 aromatic carbocycles. The summed E-state index contributed by atoms with van der Waals surface area (Å²) >= 11 is 0. The second-order valence-electron chi connectivity index (χ2n) is 9.31. The lowest BCUT2D eigenvalue weighted by molar-refractivity contribution is 0.0290. The molecule has 3 atom stereocenters. The van der Waals surface area contributed by atoms with Crippen LogP contribution in [0, 0.1) is 0 Å². The third-order valence-electron chi connectivity index (χ3n) is 8.04. The normalized spacial score (nSPS) is 35.4. The average molecular weight is 371 g/mol. The van der Waals surface area contributed by atoms with Crippen LogP contribution in [0.3, 0.4) is 0 Å². The van der Waals surface area contributed by atoms with Crippen molar-refractivity contribution in [2.24, 2.45) is 0 Å². The third kappa shape index (κ3) is 3.15. The minimum atomic E-state index is 0.730. The predicted molar refractivity (Wildman–Crippen MR) is 111 cm³/mol. The van der Waals surface area contributed by atoms with Crippen LogP contribution in [0.1, 0.15) is 50.2 Å². The minimum absolute atomic E-state index is 0.730. The predicted octanol–water partition coefficient (Wildman–Crippen LogP) is 3.08. The highest BCUT2D eigenvalue weighted by atomic mass is 16.5. The van der Waals surface area contributed by atoms with Crippen molar-refractivity contribution in [3.63, 3.8) is 0 Å². The first-order valence-corrected chi connectivity index (χ1v) is 11.3. The zero-order valence-corrected chi connectivity index (χ0v) is 17.0. The molecule has 4 aliphatic rings. The van der Waals surface area contributed by atoms with Crippen molar-refractivity contribution >= 4 is 5.69 Å². The van der Waals surface area contributed by atoms with Gasteiger partial charge in [0.2, 0.25) is 0 Å². The Labute approximate surface area is 164 Å². The smallest absolute Gasteiger partial charge is 0.133 e. The van der Waals surface area contributed by atoms with E-state index >= 15 is 0 Å². The molecular formula is C23H36N3O+. The lowest BCUT2D eigenvalue weighted by atomic mass is 9.94.